The normalized spacial score (nSPS) is 37.1. The SMILES string of the molecule is C[C@@H]1c2ccc(N3CCOCC3)c(O)c2C(=O)C2C(=O)[C@@]3(O)C(=O)C(C(N)=O)C(=O)C(N(C)C)[C@H]3[C@H](O)[C@H]21. The minimum absolute atomic E-state index is 0.111. The number of carbonyl (C=O) groups excluding carboxylic acids is 5. The molecule has 2 saturated carbocycles. The Kier molecular flexibility index (Phi) is 6.21. The van der Waals surface area contributed by atoms with Crippen molar-refractivity contribution in [3.8, 4) is 5.75 Å². The lowest BCUT2D eigenvalue weighted by Gasteiger charge is -2.56. The highest BCUT2D eigenvalue weighted by molar-refractivity contribution is 6.32. The lowest BCUT2D eigenvalue weighted by molar-refractivity contribution is -0.196. The van der Waals surface area contributed by atoms with E-state index in [1.165, 1.54) is 19.0 Å². The van der Waals surface area contributed by atoms with Gasteiger partial charge in [0.25, 0.3) is 0 Å². The Morgan fingerprint density at radius 2 is 1.76 bits per heavy atom. The monoisotopic (exact) mass is 529 g/mol. The molecule has 38 heavy (non-hydrogen) atoms. The number of nitrogens with two attached hydrogens (primary N) is 1. The second-order valence-corrected chi connectivity index (χ2v) is 10.9. The average Bonchev–Trinajstić information content (AvgIpc) is 2.86. The molecular weight excluding hydrogens is 498 g/mol. The van der Waals surface area contributed by atoms with Crippen LogP contribution in [0.4, 0.5) is 5.69 Å². The summed E-state index contributed by atoms with van der Waals surface area (Å²) >= 11 is 0. The first-order valence-electron chi connectivity index (χ1n) is 12.6. The predicted octanol–water partition coefficient (Wildman–Crippen LogP) is -1.76. The van der Waals surface area contributed by atoms with E-state index >= 15 is 0 Å². The summed E-state index contributed by atoms with van der Waals surface area (Å²) in [5.74, 6) is -13.2. The van der Waals surface area contributed by atoms with Crippen LogP contribution in [0.25, 0.3) is 0 Å². The minimum atomic E-state index is -3.01. The number of ketones is 4. The second-order valence-electron chi connectivity index (χ2n) is 10.9. The van der Waals surface area contributed by atoms with Crippen LogP contribution in [0.5, 0.6) is 5.75 Å². The summed E-state index contributed by atoms with van der Waals surface area (Å²) < 4.78 is 5.36. The molecule has 1 heterocycles. The van der Waals surface area contributed by atoms with E-state index in [0.717, 1.165) is 0 Å². The van der Waals surface area contributed by atoms with Gasteiger partial charge in [-0.3, -0.25) is 28.9 Å². The summed E-state index contributed by atoms with van der Waals surface area (Å²) in [6.45, 7) is 3.49. The molecule has 0 spiro atoms. The number of hydrogen-bond acceptors (Lipinski definition) is 11. The third kappa shape index (κ3) is 3.33. The van der Waals surface area contributed by atoms with Crippen molar-refractivity contribution in [3.63, 3.8) is 0 Å². The number of rotatable bonds is 3. The van der Waals surface area contributed by atoms with Crippen LogP contribution in [0.15, 0.2) is 12.1 Å². The first-order chi connectivity index (χ1) is 17.8. The molecule has 3 fully saturated rings. The largest absolute Gasteiger partial charge is 0.505 e. The van der Waals surface area contributed by atoms with Gasteiger partial charge in [-0.05, 0) is 31.6 Å². The number of aliphatic hydroxyl groups excluding tert-OH is 1. The fourth-order valence-corrected chi connectivity index (χ4v) is 7.04. The molecule has 1 amide bonds. The maximum atomic E-state index is 14.0. The van der Waals surface area contributed by atoms with Crippen molar-refractivity contribution >= 4 is 34.7 Å². The van der Waals surface area contributed by atoms with Crippen LogP contribution >= 0.6 is 0 Å². The van der Waals surface area contributed by atoms with Gasteiger partial charge >= 0.3 is 0 Å². The van der Waals surface area contributed by atoms with Gasteiger partial charge in [-0.2, -0.15) is 0 Å². The smallest absolute Gasteiger partial charge is 0.235 e. The van der Waals surface area contributed by atoms with E-state index in [0.29, 0.717) is 37.6 Å². The molecule has 1 saturated heterocycles. The van der Waals surface area contributed by atoms with Crippen LogP contribution in [0.2, 0.25) is 0 Å². The molecule has 1 aromatic carbocycles. The molecule has 0 radical (unpaired) electrons. The van der Waals surface area contributed by atoms with Crippen molar-refractivity contribution in [3.05, 3.63) is 23.3 Å². The fourth-order valence-electron chi connectivity index (χ4n) is 7.04. The van der Waals surface area contributed by atoms with Gasteiger partial charge in [0.1, 0.15) is 5.75 Å². The Labute approximate surface area is 218 Å². The van der Waals surface area contributed by atoms with E-state index in [4.69, 9.17) is 10.5 Å². The minimum Gasteiger partial charge on any atom is -0.505 e. The number of phenolic OH excluding ortho intramolecular Hbond substituents is 1. The van der Waals surface area contributed by atoms with E-state index in [1.54, 1.807) is 19.1 Å². The number of primary amides is 1. The number of aromatic hydroxyl groups is 1. The van der Waals surface area contributed by atoms with E-state index in [1.807, 2.05) is 4.90 Å². The number of aliphatic hydroxyl groups is 2. The zero-order chi connectivity index (χ0) is 27.8. The van der Waals surface area contributed by atoms with Crippen LogP contribution in [0.3, 0.4) is 0 Å². The number of Topliss-reactive ketones (excluding diaryl/α,β-unsaturated/α-hetero) is 4. The van der Waals surface area contributed by atoms with Gasteiger partial charge in [-0.15, -0.1) is 0 Å². The third-order valence-corrected chi connectivity index (χ3v) is 8.82. The standard InChI is InChI=1S/C26H31N3O9/c1-10-11-4-5-12(29-6-8-38-9-7-29)19(30)14(11)20(31)15-13(10)21(32)17-18(28(2)3)22(33)16(25(27)36)24(35)26(17,37)23(15)34/h4-5,10,13,15-18,21,30,32,37H,6-9H2,1-3H3,(H2,27,36)/t10-,13+,15?,16?,17+,18?,21-,26-/m1/s1. The molecule has 4 aliphatic rings. The van der Waals surface area contributed by atoms with Crippen LogP contribution in [0.1, 0.15) is 28.8 Å². The number of anilines is 1. The van der Waals surface area contributed by atoms with E-state index in [-0.39, 0.29) is 11.3 Å². The first-order valence-corrected chi connectivity index (χ1v) is 12.6. The van der Waals surface area contributed by atoms with Crippen molar-refractivity contribution < 1.29 is 44.0 Å². The van der Waals surface area contributed by atoms with Crippen LogP contribution in [-0.2, 0) is 23.9 Å². The number of likely N-dealkylation sites (N-methyl/N-ethyl adjacent to an activating group) is 1. The van der Waals surface area contributed by atoms with Crippen molar-refractivity contribution in [2.45, 2.75) is 30.6 Å². The number of benzene rings is 1. The molecule has 1 aliphatic heterocycles. The van der Waals surface area contributed by atoms with Gasteiger partial charge in [0.05, 0.1) is 48.4 Å². The average molecular weight is 530 g/mol. The number of ether oxygens (including phenoxy) is 1. The van der Waals surface area contributed by atoms with Crippen LogP contribution in [0, 0.1) is 23.7 Å². The van der Waals surface area contributed by atoms with Gasteiger partial charge in [-0.25, -0.2) is 0 Å². The number of phenols is 1. The Morgan fingerprint density at radius 1 is 1.13 bits per heavy atom. The summed E-state index contributed by atoms with van der Waals surface area (Å²) in [5.41, 5.74) is 3.00. The number of fused-ring (bicyclic) bond motifs is 3. The van der Waals surface area contributed by atoms with Crippen molar-refractivity contribution in [2.75, 3.05) is 45.3 Å². The predicted molar refractivity (Wildman–Crippen MR) is 130 cm³/mol. The molecule has 8 atom stereocenters. The van der Waals surface area contributed by atoms with Crippen molar-refractivity contribution in [1.29, 1.82) is 0 Å². The summed E-state index contributed by atoms with van der Waals surface area (Å²) in [6, 6.07) is 1.95. The highest BCUT2D eigenvalue weighted by Crippen LogP contribution is 2.55. The molecular formula is C26H31N3O9. The third-order valence-electron chi connectivity index (χ3n) is 8.82. The molecule has 0 bridgehead atoms. The number of amides is 1. The van der Waals surface area contributed by atoms with Gasteiger partial charge in [0.15, 0.2) is 34.7 Å². The highest BCUT2D eigenvalue weighted by Gasteiger charge is 2.72. The topological polar surface area (TPSA) is 188 Å². The number of nitrogens with zero attached hydrogens (tertiary/aromatic N) is 2. The summed E-state index contributed by atoms with van der Waals surface area (Å²) in [4.78, 5) is 69.7. The second kappa shape index (κ2) is 8.94. The maximum Gasteiger partial charge on any atom is 0.235 e. The molecule has 12 nitrogen and oxygen atoms in total. The van der Waals surface area contributed by atoms with E-state index in [2.05, 4.69) is 0 Å². The molecule has 1 aromatic rings. The van der Waals surface area contributed by atoms with Gasteiger partial charge < -0.3 is 30.7 Å². The van der Waals surface area contributed by atoms with Crippen molar-refractivity contribution in [2.24, 2.45) is 29.4 Å². The molecule has 204 valence electrons. The summed E-state index contributed by atoms with van der Waals surface area (Å²) in [5, 5.41) is 34.5. The molecule has 3 aliphatic carbocycles. The molecule has 12 heteroatoms. The number of hydrogen-bond donors (Lipinski definition) is 4. The molecule has 5 N–H and O–H groups in total. The Hall–Kier alpha value is -3.19. The van der Waals surface area contributed by atoms with Crippen LogP contribution in [-0.4, -0.2) is 107 Å². The summed E-state index contributed by atoms with van der Waals surface area (Å²) in [7, 11) is 2.91. The number of carbonyl (C=O) groups is 5. The van der Waals surface area contributed by atoms with Gasteiger partial charge in [0.2, 0.25) is 5.91 Å². The molecule has 5 rings (SSSR count). The van der Waals surface area contributed by atoms with Crippen molar-refractivity contribution in [1.82, 2.24) is 4.90 Å². The summed E-state index contributed by atoms with van der Waals surface area (Å²) in [6.07, 6.45) is -1.65. The van der Waals surface area contributed by atoms with E-state index < -0.39 is 76.4 Å². The lowest BCUT2D eigenvalue weighted by Crippen LogP contribution is -2.77. The Balaban J connectivity index is 1.67. The number of morpholine rings is 1. The Bertz CT molecular complexity index is 1260. The fraction of sp³-hybridized carbons (Fsp3) is 0.577. The van der Waals surface area contributed by atoms with Gasteiger partial charge in [-0.1, -0.05) is 13.0 Å². The molecule has 0 aromatic heterocycles. The lowest BCUT2D eigenvalue weighted by atomic mass is 9.49. The van der Waals surface area contributed by atoms with Gasteiger partial charge in [0, 0.05) is 19.0 Å². The quantitative estimate of drug-likeness (QED) is 0.325. The zero-order valence-corrected chi connectivity index (χ0v) is 21.3. The molecule has 3 unspecified atom stereocenters. The van der Waals surface area contributed by atoms with Crippen LogP contribution < -0.4 is 10.6 Å². The maximum absolute atomic E-state index is 14.0. The highest BCUT2D eigenvalue weighted by atomic mass is 16.5. The first kappa shape index (κ1) is 26.4. The van der Waals surface area contributed by atoms with E-state index in [9.17, 15) is 39.3 Å². The zero-order valence-electron chi connectivity index (χ0n) is 21.3. The Morgan fingerprint density at radius 3 is 2.34 bits per heavy atom.